The van der Waals surface area contributed by atoms with Crippen molar-refractivity contribution in [3.63, 3.8) is 0 Å². The van der Waals surface area contributed by atoms with Crippen molar-refractivity contribution in [3.05, 3.63) is 30.1 Å². The van der Waals surface area contributed by atoms with Crippen LogP contribution in [0, 0.1) is 0 Å². The zero-order chi connectivity index (χ0) is 36.4. The van der Waals surface area contributed by atoms with Gasteiger partial charge in [0.15, 0.2) is 5.82 Å². The van der Waals surface area contributed by atoms with E-state index >= 15 is 0 Å². The van der Waals surface area contributed by atoms with Gasteiger partial charge in [-0.2, -0.15) is 4.73 Å². The Morgan fingerprint density at radius 3 is 1.96 bits per heavy atom. The SMILES string of the molecule is CCCCCCCCCCN(CCCCCCCCCC)CCCC(=O)NCCOCCOn1c(CCCC)nc2c(N)nc3ccccc3c21. The third kappa shape index (κ3) is 16.5. The number of hydrogen-bond donors (Lipinski definition) is 2. The first-order valence-electron chi connectivity index (χ1n) is 20.8. The molecule has 0 radical (unpaired) electrons. The van der Waals surface area contributed by atoms with E-state index < -0.39 is 0 Å². The second kappa shape index (κ2) is 26.8. The number of ether oxygens (including phenoxy) is 1. The van der Waals surface area contributed by atoms with Crippen LogP contribution in [-0.2, 0) is 16.0 Å². The third-order valence-electron chi connectivity index (χ3n) is 9.85. The van der Waals surface area contributed by atoms with Crippen molar-refractivity contribution in [1.29, 1.82) is 0 Å². The minimum Gasteiger partial charge on any atom is -0.410 e. The monoisotopic (exact) mass is 709 g/mol. The van der Waals surface area contributed by atoms with E-state index in [2.05, 4.69) is 36.0 Å². The highest BCUT2D eigenvalue weighted by Crippen LogP contribution is 2.28. The summed E-state index contributed by atoms with van der Waals surface area (Å²) in [5.74, 6) is 1.37. The number of nitrogen functional groups attached to an aromatic ring is 1. The second-order valence-electron chi connectivity index (χ2n) is 14.3. The number of aromatic nitrogens is 3. The Bertz CT molecular complexity index is 1330. The molecule has 0 bridgehead atoms. The number of amides is 1. The van der Waals surface area contributed by atoms with Crippen LogP contribution in [0.5, 0.6) is 0 Å². The summed E-state index contributed by atoms with van der Waals surface area (Å²) < 4.78 is 7.66. The maximum absolute atomic E-state index is 12.6. The lowest BCUT2D eigenvalue weighted by Gasteiger charge is -2.22. The van der Waals surface area contributed by atoms with Crippen molar-refractivity contribution in [3.8, 4) is 0 Å². The molecule has 0 spiro atoms. The molecular weight excluding hydrogens is 637 g/mol. The summed E-state index contributed by atoms with van der Waals surface area (Å²) >= 11 is 0. The molecule has 1 aromatic carbocycles. The lowest BCUT2D eigenvalue weighted by atomic mass is 10.1. The summed E-state index contributed by atoms with van der Waals surface area (Å²) in [6.45, 7) is 11.8. The molecule has 0 atom stereocenters. The lowest BCUT2D eigenvalue weighted by molar-refractivity contribution is -0.121. The summed E-state index contributed by atoms with van der Waals surface area (Å²) in [7, 11) is 0. The summed E-state index contributed by atoms with van der Waals surface area (Å²) in [6, 6.07) is 7.93. The van der Waals surface area contributed by atoms with Crippen LogP contribution >= 0.6 is 0 Å². The van der Waals surface area contributed by atoms with Gasteiger partial charge in [0, 0.05) is 24.8 Å². The van der Waals surface area contributed by atoms with E-state index in [1.165, 1.54) is 116 Å². The zero-order valence-corrected chi connectivity index (χ0v) is 32.7. The van der Waals surface area contributed by atoms with Gasteiger partial charge in [0.2, 0.25) is 5.91 Å². The fraction of sp³-hybridized carbons (Fsp3) is 0.738. The van der Waals surface area contributed by atoms with Crippen molar-refractivity contribution in [1.82, 2.24) is 24.9 Å². The number of carbonyl (C=O) groups excluding carboxylic acids is 1. The predicted octanol–water partition coefficient (Wildman–Crippen LogP) is 9.43. The molecule has 0 aliphatic heterocycles. The zero-order valence-electron chi connectivity index (χ0n) is 32.7. The van der Waals surface area contributed by atoms with Gasteiger partial charge in [-0.25, -0.2) is 9.97 Å². The first-order chi connectivity index (χ1) is 25.1. The molecular formula is C42H72N6O3. The second-order valence-corrected chi connectivity index (χ2v) is 14.3. The number of hydrogen-bond acceptors (Lipinski definition) is 7. The highest BCUT2D eigenvalue weighted by atomic mass is 16.7. The molecule has 0 saturated heterocycles. The Morgan fingerprint density at radius 1 is 0.725 bits per heavy atom. The van der Waals surface area contributed by atoms with Gasteiger partial charge < -0.3 is 25.5 Å². The Labute approximate surface area is 309 Å². The largest absolute Gasteiger partial charge is 0.410 e. The molecule has 2 heterocycles. The van der Waals surface area contributed by atoms with Crippen LogP contribution in [0.1, 0.15) is 155 Å². The first-order valence-corrected chi connectivity index (χ1v) is 20.8. The van der Waals surface area contributed by atoms with Crippen LogP contribution in [-0.4, -0.2) is 71.5 Å². The van der Waals surface area contributed by atoms with E-state index in [1.54, 1.807) is 0 Å². The van der Waals surface area contributed by atoms with Gasteiger partial charge in [0.05, 0.1) is 18.7 Å². The minimum absolute atomic E-state index is 0.109. The highest BCUT2D eigenvalue weighted by molar-refractivity contribution is 6.06. The van der Waals surface area contributed by atoms with Crippen molar-refractivity contribution in [2.24, 2.45) is 0 Å². The normalized spacial score (nSPS) is 11.7. The smallest absolute Gasteiger partial charge is 0.220 e. The van der Waals surface area contributed by atoms with Gasteiger partial charge in [-0.1, -0.05) is 135 Å². The van der Waals surface area contributed by atoms with E-state index in [-0.39, 0.29) is 5.91 Å². The molecule has 1 amide bonds. The van der Waals surface area contributed by atoms with Crippen LogP contribution in [0.15, 0.2) is 24.3 Å². The number of para-hydroxylation sites is 1. The van der Waals surface area contributed by atoms with Crippen molar-refractivity contribution < 1.29 is 14.4 Å². The molecule has 0 fully saturated rings. The molecule has 0 aliphatic carbocycles. The average Bonchev–Trinajstić information content (AvgIpc) is 3.51. The number of nitrogens with one attached hydrogen (secondary N) is 1. The van der Waals surface area contributed by atoms with E-state index in [0.717, 1.165) is 54.5 Å². The maximum Gasteiger partial charge on any atom is 0.220 e. The Morgan fingerprint density at radius 2 is 1.31 bits per heavy atom. The topological polar surface area (TPSA) is 108 Å². The lowest BCUT2D eigenvalue weighted by Crippen LogP contribution is -2.31. The number of benzene rings is 1. The molecule has 51 heavy (non-hydrogen) atoms. The van der Waals surface area contributed by atoms with Crippen molar-refractivity contribution in [2.45, 2.75) is 156 Å². The van der Waals surface area contributed by atoms with Crippen LogP contribution < -0.4 is 15.9 Å². The number of anilines is 1. The number of aryl methyl sites for hydroxylation is 1. The minimum atomic E-state index is 0.109. The summed E-state index contributed by atoms with van der Waals surface area (Å²) in [5, 5.41) is 4.01. The third-order valence-corrected chi connectivity index (χ3v) is 9.85. The van der Waals surface area contributed by atoms with E-state index in [0.29, 0.717) is 44.1 Å². The number of pyridine rings is 1. The number of rotatable bonds is 32. The van der Waals surface area contributed by atoms with Gasteiger partial charge >= 0.3 is 0 Å². The number of carbonyl (C=O) groups is 1. The molecule has 9 heteroatoms. The number of unbranched alkanes of at least 4 members (excludes halogenated alkanes) is 15. The fourth-order valence-electron chi connectivity index (χ4n) is 6.83. The molecule has 3 N–H and O–H groups in total. The van der Waals surface area contributed by atoms with Crippen LogP contribution in [0.4, 0.5) is 5.82 Å². The number of imidazole rings is 1. The maximum atomic E-state index is 12.6. The molecule has 3 aromatic rings. The number of nitrogens with two attached hydrogens (primary N) is 1. The summed E-state index contributed by atoms with van der Waals surface area (Å²) in [4.78, 5) is 30.8. The number of nitrogens with zero attached hydrogens (tertiary/aromatic N) is 4. The van der Waals surface area contributed by atoms with E-state index in [1.807, 2.05) is 29.0 Å². The van der Waals surface area contributed by atoms with Crippen molar-refractivity contribution in [2.75, 3.05) is 51.7 Å². The molecule has 9 nitrogen and oxygen atoms in total. The standard InChI is InChI=1S/C42H72N6O3/c1-4-7-10-12-14-16-18-22-30-47(31-23-19-17-15-13-11-8-5-2)32-24-28-39(49)44-29-33-50-34-35-51-48-38(27-9-6-3)46-40-41(48)36-25-20-21-26-37(36)45-42(40)43/h20-21,25-26H,4-19,22-24,27-35H2,1-3H3,(H2,43,45)(H,44,49). The average molecular weight is 709 g/mol. The van der Waals surface area contributed by atoms with Crippen LogP contribution in [0.3, 0.4) is 0 Å². The predicted molar refractivity (Wildman–Crippen MR) is 214 cm³/mol. The van der Waals surface area contributed by atoms with E-state index in [4.69, 9.17) is 20.3 Å². The van der Waals surface area contributed by atoms with Crippen LogP contribution in [0.2, 0.25) is 0 Å². The van der Waals surface area contributed by atoms with Crippen molar-refractivity contribution >= 4 is 33.7 Å². The summed E-state index contributed by atoms with van der Waals surface area (Å²) in [6.07, 6.45) is 25.9. The molecule has 0 saturated carbocycles. The van der Waals surface area contributed by atoms with Gasteiger partial charge in [-0.15, -0.1) is 0 Å². The quantitative estimate of drug-likeness (QED) is 0.0622. The Kier molecular flexibility index (Phi) is 22.3. The highest BCUT2D eigenvalue weighted by Gasteiger charge is 2.18. The molecule has 2 aromatic heterocycles. The number of fused-ring (bicyclic) bond motifs is 3. The summed E-state index contributed by atoms with van der Waals surface area (Å²) in [5.41, 5.74) is 8.65. The Hall–Kier alpha value is -2.91. The van der Waals surface area contributed by atoms with E-state index in [9.17, 15) is 4.79 Å². The van der Waals surface area contributed by atoms with Gasteiger partial charge in [0.25, 0.3) is 0 Å². The Balaban J connectivity index is 1.33. The fourth-order valence-corrected chi connectivity index (χ4v) is 6.83. The van der Waals surface area contributed by atoms with Crippen LogP contribution in [0.25, 0.3) is 21.9 Å². The first kappa shape index (κ1) is 42.5. The molecule has 0 aliphatic rings. The van der Waals surface area contributed by atoms with Gasteiger partial charge in [0.1, 0.15) is 23.5 Å². The van der Waals surface area contributed by atoms with Gasteiger partial charge in [-0.05, 0) is 51.4 Å². The molecule has 3 rings (SSSR count). The molecule has 288 valence electrons. The molecule has 0 unspecified atom stereocenters. The van der Waals surface area contributed by atoms with Gasteiger partial charge in [-0.3, -0.25) is 4.79 Å².